The predicted molar refractivity (Wildman–Crippen MR) is 75.3 cm³/mol. The molecule has 0 aromatic carbocycles. The van der Waals surface area contributed by atoms with Crippen LogP contribution in [0.3, 0.4) is 0 Å². The standard InChI is InChI=1S/C14H31N3/c1-3-17(4-2)12-11-16-14(13-15)9-7-5-6-8-10-14/h16H,3-13,15H2,1-2H3. The van der Waals surface area contributed by atoms with Gasteiger partial charge < -0.3 is 16.0 Å². The highest BCUT2D eigenvalue weighted by atomic mass is 15.1. The van der Waals surface area contributed by atoms with Gasteiger partial charge in [-0.1, -0.05) is 39.5 Å². The lowest BCUT2D eigenvalue weighted by molar-refractivity contribution is 0.250. The molecule has 0 aliphatic heterocycles. The van der Waals surface area contributed by atoms with E-state index in [4.69, 9.17) is 5.73 Å². The normalized spacial score (nSPS) is 20.5. The minimum Gasteiger partial charge on any atom is -0.329 e. The molecule has 0 aromatic heterocycles. The van der Waals surface area contributed by atoms with E-state index in [0.717, 1.165) is 32.7 Å². The summed E-state index contributed by atoms with van der Waals surface area (Å²) in [5.74, 6) is 0. The SMILES string of the molecule is CCN(CC)CCNC1(CN)CCCCCC1. The Labute approximate surface area is 107 Å². The fourth-order valence-electron chi connectivity index (χ4n) is 2.88. The van der Waals surface area contributed by atoms with Gasteiger partial charge in [0.1, 0.15) is 0 Å². The van der Waals surface area contributed by atoms with Gasteiger partial charge in [-0.2, -0.15) is 0 Å². The van der Waals surface area contributed by atoms with Gasteiger partial charge in [-0.15, -0.1) is 0 Å². The largest absolute Gasteiger partial charge is 0.329 e. The van der Waals surface area contributed by atoms with E-state index in [1.54, 1.807) is 0 Å². The monoisotopic (exact) mass is 241 g/mol. The summed E-state index contributed by atoms with van der Waals surface area (Å²) >= 11 is 0. The van der Waals surface area contributed by atoms with Crippen molar-refractivity contribution in [2.45, 2.75) is 57.9 Å². The Bertz CT molecular complexity index is 182. The fourth-order valence-corrected chi connectivity index (χ4v) is 2.88. The third-order valence-corrected chi connectivity index (χ3v) is 4.27. The Hall–Kier alpha value is -0.120. The van der Waals surface area contributed by atoms with Crippen molar-refractivity contribution >= 4 is 0 Å². The number of nitrogens with zero attached hydrogens (tertiary/aromatic N) is 1. The van der Waals surface area contributed by atoms with Gasteiger partial charge in [0.2, 0.25) is 0 Å². The quantitative estimate of drug-likeness (QED) is 0.670. The second-order valence-electron chi connectivity index (χ2n) is 5.35. The maximum atomic E-state index is 6.01. The summed E-state index contributed by atoms with van der Waals surface area (Å²) in [4.78, 5) is 2.47. The molecule has 102 valence electrons. The minimum absolute atomic E-state index is 0.240. The van der Waals surface area contributed by atoms with Gasteiger partial charge >= 0.3 is 0 Å². The molecule has 0 radical (unpaired) electrons. The first-order valence-corrected chi connectivity index (χ1v) is 7.44. The van der Waals surface area contributed by atoms with E-state index >= 15 is 0 Å². The predicted octanol–water partition coefficient (Wildman–Crippen LogP) is 1.97. The zero-order valence-corrected chi connectivity index (χ0v) is 11.8. The summed E-state index contributed by atoms with van der Waals surface area (Å²) in [5.41, 5.74) is 6.25. The molecule has 0 saturated heterocycles. The number of nitrogens with one attached hydrogen (secondary N) is 1. The molecule has 0 spiro atoms. The van der Waals surface area contributed by atoms with Crippen molar-refractivity contribution in [3.63, 3.8) is 0 Å². The first-order valence-electron chi connectivity index (χ1n) is 7.44. The lowest BCUT2D eigenvalue weighted by Crippen LogP contribution is -2.52. The van der Waals surface area contributed by atoms with Crippen LogP contribution in [-0.2, 0) is 0 Å². The third kappa shape index (κ3) is 4.94. The summed E-state index contributed by atoms with van der Waals surface area (Å²) in [5, 5.41) is 3.76. The second-order valence-corrected chi connectivity index (χ2v) is 5.35. The highest BCUT2D eigenvalue weighted by Gasteiger charge is 2.28. The van der Waals surface area contributed by atoms with Crippen LogP contribution in [0.15, 0.2) is 0 Å². The number of likely N-dealkylation sites (N-methyl/N-ethyl adjacent to an activating group) is 1. The van der Waals surface area contributed by atoms with Crippen LogP contribution < -0.4 is 11.1 Å². The van der Waals surface area contributed by atoms with E-state index in [2.05, 4.69) is 24.1 Å². The van der Waals surface area contributed by atoms with Crippen molar-refractivity contribution in [2.75, 3.05) is 32.7 Å². The van der Waals surface area contributed by atoms with Crippen molar-refractivity contribution in [1.82, 2.24) is 10.2 Å². The van der Waals surface area contributed by atoms with Gasteiger partial charge in [-0.05, 0) is 25.9 Å². The van der Waals surface area contributed by atoms with E-state index < -0.39 is 0 Å². The Balaban J connectivity index is 2.34. The Morgan fingerprint density at radius 2 is 1.65 bits per heavy atom. The van der Waals surface area contributed by atoms with E-state index in [1.807, 2.05) is 0 Å². The molecule has 1 rings (SSSR count). The highest BCUT2D eigenvalue weighted by Crippen LogP contribution is 2.26. The van der Waals surface area contributed by atoms with Crippen molar-refractivity contribution in [2.24, 2.45) is 5.73 Å². The van der Waals surface area contributed by atoms with Crippen LogP contribution in [0, 0.1) is 0 Å². The van der Waals surface area contributed by atoms with Gasteiger partial charge in [-0.3, -0.25) is 0 Å². The summed E-state index contributed by atoms with van der Waals surface area (Å²) in [6, 6.07) is 0. The maximum absolute atomic E-state index is 6.01. The Kier molecular flexibility index (Phi) is 7.09. The smallest absolute Gasteiger partial charge is 0.0304 e. The molecular formula is C14H31N3. The maximum Gasteiger partial charge on any atom is 0.0304 e. The lowest BCUT2D eigenvalue weighted by atomic mass is 9.90. The summed E-state index contributed by atoms with van der Waals surface area (Å²) < 4.78 is 0. The van der Waals surface area contributed by atoms with E-state index in [0.29, 0.717) is 0 Å². The number of rotatable bonds is 7. The van der Waals surface area contributed by atoms with Crippen LogP contribution in [0.25, 0.3) is 0 Å². The van der Waals surface area contributed by atoms with E-state index in [-0.39, 0.29) is 5.54 Å². The number of hydrogen-bond donors (Lipinski definition) is 2. The molecular weight excluding hydrogens is 210 g/mol. The van der Waals surface area contributed by atoms with Crippen LogP contribution >= 0.6 is 0 Å². The molecule has 0 aromatic rings. The zero-order chi connectivity index (χ0) is 12.6. The van der Waals surface area contributed by atoms with Crippen LogP contribution in [0.2, 0.25) is 0 Å². The molecule has 1 saturated carbocycles. The lowest BCUT2D eigenvalue weighted by Gasteiger charge is -2.34. The van der Waals surface area contributed by atoms with Gasteiger partial charge in [0, 0.05) is 25.2 Å². The molecule has 0 unspecified atom stereocenters. The molecule has 1 fully saturated rings. The van der Waals surface area contributed by atoms with Crippen molar-refractivity contribution in [3.8, 4) is 0 Å². The summed E-state index contributed by atoms with van der Waals surface area (Å²) in [7, 11) is 0. The topological polar surface area (TPSA) is 41.3 Å². The molecule has 1 aliphatic carbocycles. The average molecular weight is 241 g/mol. The average Bonchev–Trinajstić information content (AvgIpc) is 2.61. The van der Waals surface area contributed by atoms with Gasteiger partial charge in [0.05, 0.1) is 0 Å². The van der Waals surface area contributed by atoms with Crippen LogP contribution in [0.5, 0.6) is 0 Å². The van der Waals surface area contributed by atoms with E-state index in [9.17, 15) is 0 Å². The molecule has 17 heavy (non-hydrogen) atoms. The van der Waals surface area contributed by atoms with Crippen molar-refractivity contribution < 1.29 is 0 Å². The Morgan fingerprint density at radius 3 is 2.12 bits per heavy atom. The van der Waals surface area contributed by atoms with Gasteiger partial charge in [0.25, 0.3) is 0 Å². The fraction of sp³-hybridized carbons (Fsp3) is 1.00. The molecule has 3 nitrogen and oxygen atoms in total. The summed E-state index contributed by atoms with van der Waals surface area (Å²) in [6.45, 7) is 9.78. The van der Waals surface area contributed by atoms with Crippen molar-refractivity contribution in [3.05, 3.63) is 0 Å². The molecule has 1 aliphatic rings. The van der Waals surface area contributed by atoms with Crippen LogP contribution in [0.4, 0.5) is 0 Å². The molecule has 0 heterocycles. The molecule has 3 N–H and O–H groups in total. The number of hydrogen-bond acceptors (Lipinski definition) is 3. The van der Waals surface area contributed by atoms with E-state index in [1.165, 1.54) is 38.5 Å². The second kappa shape index (κ2) is 8.06. The first-order chi connectivity index (χ1) is 8.26. The summed E-state index contributed by atoms with van der Waals surface area (Å²) in [6.07, 6.45) is 7.99. The van der Waals surface area contributed by atoms with Gasteiger partial charge in [0.15, 0.2) is 0 Å². The Morgan fingerprint density at radius 1 is 1.06 bits per heavy atom. The van der Waals surface area contributed by atoms with Crippen molar-refractivity contribution in [1.29, 1.82) is 0 Å². The van der Waals surface area contributed by atoms with Gasteiger partial charge in [-0.25, -0.2) is 0 Å². The number of nitrogens with two attached hydrogens (primary N) is 1. The highest BCUT2D eigenvalue weighted by molar-refractivity contribution is 4.90. The van der Waals surface area contributed by atoms with Crippen LogP contribution in [-0.4, -0.2) is 43.2 Å². The minimum atomic E-state index is 0.240. The van der Waals surface area contributed by atoms with Crippen LogP contribution in [0.1, 0.15) is 52.4 Å². The molecule has 0 bridgehead atoms. The molecule has 3 heteroatoms. The molecule has 0 amide bonds. The third-order valence-electron chi connectivity index (χ3n) is 4.27. The zero-order valence-electron chi connectivity index (χ0n) is 11.8. The first kappa shape index (κ1) is 14.9. The molecule has 0 atom stereocenters.